The van der Waals surface area contributed by atoms with Crippen LogP contribution in [0, 0.1) is 0 Å². The van der Waals surface area contributed by atoms with Crippen LogP contribution in [0.25, 0.3) is 0 Å². The molecular formula is C20H36IN5O2. The summed E-state index contributed by atoms with van der Waals surface area (Å²) in [5.74, 6) is 1.38. The Kier molecular flexibility index (Phi) is 13.6. The minimum absolute atomic E-state index is 0. The number of nitrogens with one attached hydrogen (secondary N) is 3. The van der Waals surface area contributed by atoms with E-state index in [4.69, 9.17) is 4.74 Å². The second-order valence-corrected chi connectivity index (χ2v) is 6.91. The fraction of sp³-hybridized carbons (Fsp3) is 0.600. The van der Waals surface area contributed by atoms with Crippen molar-refractivity contribution in [3.05, 3.63) is 24.3 Å². The van der Waals surface area contributed by atoms with E-state index in [2.05, 4.69) is 53.5 Å². The van der Waals surface area contributed by atoms with Gasteiger partial charge in [0.15, 0.2) is 5.96 Å². The molecule has 3 N–H and O–H groups in total. The molecular weight excluding hydrogens is 469 g/mol. The summed E-state index contributed by atoms with van der Waals surface area (Å²) in [6.45, 7) is 13.2. The van der Waals surface area contributed by atoms with Gasteiger partial charge in [-0.1, -0.05) is 6.07 Å². The van der Waals surface area contributed by atoms with Gasteiger partial charge >= 0.3 is 0 Å². The summed E-state index contributed by atoms with van der Waals surface area (Å²) in [5.41, 5.74) is 0.727. The molecule has 0 atom stereocenters. The number of hydrogen-bond donors (Lipinski definition) is 3. The van der Waals surface area contributed by atoms with Crippen molar-refractivity contribution in [2.24, 2.45) is 4.99 Å². The molecule has 1 amide bonds. The number of anilines is 1. The Hall–Kier alpha value is -1.55. The van der Waals surface area contributed by atoms with Gasteiger partial charge in [-0.15, -0.1) is 24.0 Å². The first kappa shape index (κ1) is 26.4. The number of halogens is 1. The topological polar surface area (TPSA) is 78.0 Å². The maximum Gasteiger partial charge on any atom is 0.221 e. The van der Waals surface area contributed by atoms with Gasteiger partial charge in [-0.2, -0.15) is 0 Å². The highest BCUT2D eigenvalue weighted by atomic mass is 127. The van der Waals surface area contributed by atoms with Crippen LogP contribution in [-0.2, 0) is 4.79 Å². The van der Waals surface area contributed by atoms with Crippen LogP contribution in [0.2, 0.25) is 0 Å². The molecule has 160 valence electrons. The van der Waals surface area contributed by atoms with Gasteiger partial charge in [0.25, 0.3) is 0 Å². The molecule has 1 rings (SSSR count). The van der Waals surface area contributed by atoms with E-state index in [9.17, 15) is 4.79 Å². The van der Waals surface area contributed by atoms with Crippen molar-refractivity contribution in [1.82, 2.24) is 15.5 Å². The molecule has 0 aliphatic carbocycles. The summed E-state index contributed by atoms with van der Waals surface area (Å²) in [7, 11) is 1.76. The van der Waals surface area contributed by atoms with Crippen molar-refractivity contribution >= 4 is 41.5 Å². The number of carbonyl (C=O) groups is 1. The predicted molar refractivity (Wildman–Crippen MR) is 128 cm³/mol. The zero-order valence-corrected chi connectivity index (χ0v) is 20.2. The molecule has 1 aromatic carbocycles. The fourth-order valence-electron chi connectivity index (χ4n) is 2.84. The molecule has 0 saturated heterocycles. The lowest BCUT2D eigenvalue weighted by Gasteiger charge is -2.30. The van der Waals surface area contributed by atoms with Crippen LogP contribution in [0.15, 0.2) is 29.3 Å². The zero-order chi connectivity index (χ0) is 20.2. The van der Waals surface area contributed by atoms with E-state index >= 15 is 0 Å². The molecule has 1 aromatic rings. The summed E-state index contributed by atoms with van der Waals surface area (Å²) in [6, 6.07) is 8.39. The standard InChI is InChI=1S/C20H35N5O2.HI/c1-15(2)25(16(3)4)12-10-22-20(21-6)23-11-13-27-19-9-7-8-18(14-19)24-17(5)26;/h7-9,14-16H,10-13H2,1-6H3,(H,24,26)(H2,21,22,23);1H. The summed E-state index contributed by atoms with van der Waals surface area (Å²) in [6.07, 6.45) is 0. The SMILES string of the molecule is CN=C(NCCOc1cccc(NC(C)=O)c1)NCCN(C(C)C)C(C)C.I. The smallest absolute Gasteiger partial charge is 0.221 e. The maximum absolute atomic E-state index is 11.1. The zero-order valence-electron chi connectivity index (χ0n) is 17.9. The van der Waals surface area contributed by atoms with Crippen molar-refractivity contribution < 1.29 is 9.53 Å². The Morgan fingerprint density at radius 3 is 2.36 bits per heavy atom. The molecule has 28 heavy (non-hydrogen) atoms. The van der Waals surface area contributed by atoms with E-state index in [0.29, 0.717) is 25.2 Å². The molecule has 8 heteroatoms. The summed E-state index contributed by atoms with van der Waals surface area (Å²) in [4.78, 5) is 17.8. The lowest BCUT2D eigenvalue weighted by Crippen LogP contribution is -2.45. The predicted octanol–water partition coefficient (Wildman–Crippen LogP) is 2.93. The maximum atomic E-state index is 11.1. The quantitative estimate of drug-likeness (QED) is 0.197. The Balaban J connectivity index is 0.00000729. The van der Waals surface area contributed by atoms with Crippen LogP contribution in [0.4, 0.5) is 5.69 Å². The molecule has 0 heterocycles. The van der Waals surface area contributed by atoms with Gasteiger partial charge in [0.1, 0.15) is 12.4 Å². The number of carbonyl (C=O) groups excluding carboxylic acids is 1. The van der Waals surface area contributed by atoms with Crippen LogP contribution in [-0.4, -0.2) is 62.1 Å². The molecule has 0 aromatic heterocycles. The van der Waals surface area contributed by atoms with Gasteiger partial charge in [0, 0.05) is 50.9 Å². The number of rotatable bonds is 10. The summed E-state index contributed by atoms with van der Waals surface area (Å²) < 4.78 is 5.72. The first-order valence-corrected chi connectivity index (χ1v) is 9.54. The third-order valence-electron chi connectivity index (χ3n) is 4.03. The molecule has 0 aliphatic heterocycles. The van der Waals surface area contributed by atoms with Crippen LogP contribution < -0.4 is 20.7 Å². The molecule has 7 nitrogen and oxygen atoms in total. The molecule has 0 radical (unpaired) electrons. The lowest BCUT2D eigenvalue weighted by atomic mass is 10.2. The van der Waals surface area contributed by atoms with Crippen LogP contribution in [0.3, 0.4) is 0 Å². The minimum atomic E-state index is -0.0998. The lowest BCUT2D eigenvalue weighted by molar-refractivity contribution is -0.114. The van der Waals surface area contributed by atoms with Crippen LogP contribution in [0.1, 0.15) is 34.6 Å². The van der Waals surface area contributed by atoms with Gasteiger partial charge in [-0.05, 0) is 39.8 Å². The molecule has 0 aliphatic rings. The largest absolute Gasteiger partial charge is 0.492 e. The first-order chi connectivity index (χ1) is 12.8. The van der Waals surface area contributed by atoms with Gasteiger partial charge in [0.05, 0.1) is 6.54 Å². The normalized spacial score (nSPS) is 11.4. The molecule has 0 saturated carbocycles. The van der Waals surface area contributed by atoms with E-state index < -0.39 is 0 Å². The highest BCUT2D eigenvalue weighted by molar-refractivity contribution is 14.0. The van der Waals surface area contributed by atoms with Crippen LogP contribution in [0.5, 0.6) is 5.75 Å². The first-order valence-electron chi connectivity index (χ1n) is 9.54. The number of hydrogen-bond acceptors (Lipinski definition) is 4. The Bertz CT molecular complexity index is 600. The van der Waals surface area contributed by atoms with Gasteiger partial charge < -0.3 is 20.7 Å². The second-order valence-electron chi connectivity index (χ2n) is 6.91. The van der Waals surface area contributed by atoms with E-state index in [1.54, 1.807) is 13.1 Å². The van der Waals surface area contributed by atoms with E-state index in [1.807, 2.05) is 18.2 Å². The number of benzene rings is 1. The van der Waals surface area contributed by atoms with Crippen molar-refractivity contribution in [3.63, 3.8) is 0 Å². The van der Waals surface area contributed by atoms with Crippen molar-refractivity contribution in [2.45, 2.75) is 46.7 Å². The average molecular weight is 505 g/mol. The number of nitrogens with zero attached hydrogens (tertiary/aromatic N) is 2. The van der Waals surface area contributed by atoms with E-state index in [1.165, 1.54) is 6.92 Å². The molecule has 0 unspecified atom stereocenters. The van der Waals surface area contributed by atoms with Gasteiger partial charge in [-0.25, -0.2) is 0 Å². The van der Waals surface area contributed by atoms with Crippen molar-refractivity contribution in [3.8, 4) is 5.75 Å². The molecule has 0 bridgehead atoms. The average Bonchev–Trinajstić information content (AvgIpc) is 2.59. The van der Waals surface area contributed by atoms with E-state index in [0.717, 1.165) is 30.5 Å². The van der Waals surface area contributed by atoms with Crippen molar-refractivity contribution in [2.75, 3.05) is 38.6 Å². The molecule has 0 fully saturated rings. The molecule has 0 spiro atoms. The second kappa shape index (κ2) is 14.4. The fourth-order valence-corrected chi connectivity index (χ4v) is 2.84. The number of guanidine groups is 1. The highest BCUT2D eigenvalue weighted by Crippen LogP contribution is 2.16. The third kappa shape index (κ3) is 10.7. The number of aliphatic imine (C=N–C) groups is 1. The Morgan fingerprint density at radius 1 is 1.14 bits per heavy atom. The minimum Gasteiger partial charge on any atom is -0.492 e. The van der Waals surface area contributed by atoms with Gasteiger partial charge in [0.2, 0.25) is 5.91 Å². The Morgan fingerprint density at radius 2 is 1.79 bits per heavy atom. The van der Waals surface area contributed by atoms with Crippen molar-refractivity contribution in [1.29, 1.82) is 0 Å². The highest BCUT2D eigenvalue weighted by Gasteiger charge is 2.12. The third-order valence-corrected chi connectivity index (χ3v) is 4.03. The number of amides is 1. The van der Waals surface area contributed by atoms with E-state index in [-0.39, 0.29) is 29.9 Å². The monoisotopic (exact) mass is 505 g/mol. The number of ether oxygens (including phenoxy) is 1. The van der Waals surface area contributed by atoms with Gasteiger partial charge in [-0.3, -0.25) is 14.7 Å². The Labute approximate surface area is 186 Å². The van der Waals surface area contributed by atoms with Crippen LogP contribution >= 0.6 is 24.0 Å². The summed E-state index contributed by atoms with van der Waals surface area (Å²) in [5, 5.41) is 9.32. The summed E-state index contributed by atoms with van der Waals surface area (Å²) >= 11 is 0.